The summed E-state index contributed by atoms with van der Waals surface area (Å²) < 4.78 is 38.7. The molecule has 1 aliphatic heterocycles. The number of benzene rings is 1. The van der Waals surface area contributed by atoms with Gasteiger partial charge in [-0.1, -0.05) is 6.07 Å². The van der Waals surface area contributed by atoms with E-state index in [4.69, 9.17) is 0 Å². The number of halogens is 3. The lowest BCUT2D eigenvalue weighted by atomic mass is 10.1. The van der Waals surface area contributed by atoms with Crippen molar-refractivity contribution in [1.29, 1.82) is 0 Å². The molecule has 0 aromatic heterocycles. The molecule has 2 aliphatic rings. The largest absolute Gasteiger partial charge is 0.416 e. The van der Waals surface area contributed by atoms with Crippen LogP contribution < -0.4 is 15.5 Å². The molecule has 8 heteroatoms. The predicted molar refractivity (Wildman–Crippen MR) is 111 cm³/mol. The Labute approximate surface area is 171 Å². The maximum absolute atomic E-state index is 12.9. The molecule has 162 valence electrons. The van der Waals surface area contributed by atoms with Crippen molar-refractivity contribution in [2.45, 2.75) is 31.9 Å². The second-order valence-electron chi connectivity index (χ2n) is 7.91. The van der Waals surface area contributed by atoms with Crippen LogP contribution in [0.3, 0.4) is 0 Å². The number of hydrogen-bond donors (Lipinski definition) is 2. The number of hydrogen-bond acceptors (Lipinski definition) is 3. The molecule has 1 saturated carbocycles. The van der Waals surface area contributed by atoms with E-state index in [-0.39, 0.29) is 0 Å². The van der Waals surface area contributed by atoms with Crippen molar-refractivity contribution in [2.24, 2.45) is 10.9 Å². The summed E-state index contributed by atoms with van der Waals surface area (Å²) in [6, 6.07) is 5.64. The van der Waals surface area contributed by atoms with E-state index in [9.17, 15) is 13.2 Å². The number of aliphatic imine (C=N–C) groups is 1. The number of anilines is 1. The number of piperazine rings is 1. The minimum Gasteiger partial charge on any atom is -0.369 e. The highest BCUT2D eigenvalue weighted by molar-refractivity contribution is 5.79. The van der Waals surface area contributed by atoms with Gasteiger partial charge in [-0.05, 0) is 56.3 Å². The fraction of sp³-hybridized carbons (Fsp3) is 0.667. The van der Waals surface area contributed by atoms with E-state index in [2.05, 4.69) is 20.5 Å². The predicted octanol–water partition coefficient (Wildman–Crippen LogP) is 3.18. The van der Waals surface area contributed by atoms with E-state index in [0.29, 0.717) is 5.69 Å². The molecule has 5 nitrogen and oxygen atoms in total. The summed E-state index contributed by atoms with van der Waals surface area (Å²) in [5, 5.41) is 6.71. The third-order valence-corrected chi connectivity index (χ3v) is 5.58. The van der Waals surface area contributed by atoms with E-state index in [0.717, 1.165) is 76.6 Å². The summed E-state index contributed by atoms with van der Waals surface area (Å²) in [6.45, 7) is 6.22. The van der Waals surface area contributed by atoms with Crippen LogP contribution in [0.5, 0.6) is 0 Å². The Morgan fingerprint density at radius 1 is 1.10 bits per heavy atom. The first kappa shape index (κ1) is 21.7. The monoisotopic (exact) mass is 411 g/mol. The summed E-state index contributed by atoms with van der Waals surface area (Å²) in [7, 11) is 1.80. The van der Waals surface area contributed by atoms with Crippen molar-refractivity contribution in [2.75, 3.05) is 57.8 Å². The van der Waals surface area contributed by atoms with Crippen LogP contribution in [0.15, 0.2) is 29.3 Å². The van der Waals surface area contributed by atoms with Gasteiger partial charge in [0, 0.05) is 52.0 Å². The molecule has 2 N–H and O–H groups in total. The van der Waals surface area contributed by atoms with Gasteiger partial charge in [-0.15, -0.1) is 0 Å². The van der Waals surface area contributed by atoms with Gasteiger partial charge in [0.25, 0.3) is 0 Å². The third kappa shape index (κ3) is 7.10. The van der Waals surface area contributed by atoms with E-state index < -0.39 is 11.7 Å². The summed E-state index contributed by atoms with van der Waals surface area (Å²) in [4.78, 5) is 8.68. The van der Waals surface area contributed by atoms with Gasteiger partial charge in [-0.25, -0.2) is 0 Å². The number of alkyl halides is 3. The molecule has 0 unspecified atom stereocenters. The molecule has 1 aliphatic carbocycles. The zero-order valence-corrected chi connectivity index (χ0v) is 17.1. The SMILES string of the molecule is CN=C(NCCCCN1CCN(c2cccc(C(F)(F)F)c2)CC1)NCC1CC1. The van der Waals surface area contributed by atoms with Gasteiger partial charge in [0.1, 0.15) is 0 Å². The molecule has 0 radical (unpaired) electrons. The van der Waals surface area contributed by atoms with Crippen LogP contribution >= 0.6 is 0 Å². The van der Waals surface area contributed by atoms with Crippen LogP contribution in [-0.4, -0.2) is 63.7 Å². The van der Waals surface area contributed by atoms with Gasteiger partial charge in [-0.3, -0.25) is 9.89 Å². The number of nitrogens with zero attached hydrogens (tertiary/aromatic N) is 3. The molecule has 0 bridgehead atoms. The third-order valence-electron chi connectivity index (χ3n) is 5.58. The Morgan fingerprint density at radius 3 is 2.52 bits per heavy atom. The molecule has 1 heterocycles. The minimum absolute atomic E-state index is 0.577. The lowest BCUT2D eigenvalue weighted by Crippen LogP contribution is -2.46. The fourth-order valence-corrected chi connectivity index (χ4v) is 3.56. The molecular formula is C21H32F3N5. The van der Waals surface area contributed by atoms with Crippen molar-refractivity contribution < 1.29 is 13.2 Å². The molecule has 29 heavy (non-hydrogen) atoms. The lowest BCUT2D eigenvalue weighted by molar-refractivity contribution is -0.137. The summed E-state index contributed by atoms with van der Waals surface area (Å²) in [5.74, 6) is 1.70. The van der Waals surface area contributed by atoms with E-state index in [1.807, 2.05) is 4.90 Å². The second kappa shape index (κ2) is 10.2. The molecular weight excluding hydrogens is 379 g/mol. The maximum Gasteiger partial charge on any atom is 0.416 e. The highest BCUT2D eigenvalue weighted by Crippen LogP contribution is 2.32. The average Bonchev–Trinajstić information content (AvgIpc) is 3.54. The average molecular weight is 412 g/mol. The second-order valence-corrected chi connectivity index (χ2v) is 7.91. The molecule has 3 rings (SSSR count). The van der Waals surface area contributed by atoms with Crippen LogP contribution in [-0.2, 0) is 6.18 Å². The standard InChI is InChI=1S/C21H32F3N5/c1-25-20(27-16-17-7-8-17)26-9-2-3-10-28-11-13-29(14-12-28)19-6-4-5-18(15-19)21(22,23)24/h4-6,15,17H,2-3,7-14,16H2,1H3,(H2,25,26,27). The van der Waals surface area contributed by atoms with E-state index >= 15 is 0 Å². The molecule has 2 fully saturated rings. The van der Waals surface area contributed by atoms with E-state index in [1.165, 1.54) is 25.0 Å². The minimum atomic E-state index is -4.29. The summed E-state index contributed by atoms with van der Waals surface area (Å²) in [6.07, 6.45) is 0.520. The smallest absolute Gasteiger partial charge is 0.369 e. The van der Waals surface area contributed by atoms with Crippen molar-refractivity contribution >= 4 is 11.6 Å². The number of unbranched alkanes of at least 4 members (excludes halogenated alkanes) is 1. The van der Waals surface area contributed by atoms with Crippen LogP contribution in [0.25, 0.3) is 0 Å². The Bertz CT molecular complexity index is 665. The zero-order chi connectivity index (χ0) is 20.7. The molecule has 1 aromatic rings. The van der Waals surface area contributed by atoms with Crippen LogP contribution in [0.4, 0.5) is 18.9 Å². The van der Waals surface area contributed by atoms with Crippen molar-refractivity contribution in [3.63, 3.8) is 0 Å². The van der Waals surface area contributed by atoms with Gasteiger partial charge in [0.05, 0.1) is 5.56 Å². The van der Waals surface area contributed by atoms with Crippen LogP contribution in [0.1, 0.15) is 31.2 Å². The molecule has 1 saturated heterocycles. The van der Waals surface area contributed by atoms with Crippen molar-refractivity contribution in [3.8, 4) is 0 Å². The van der Waals surface area contributed by atoms with Gasteiger partial charge in [0.15, 0.2) is 5.96 Å². The highest BCUT2D eigenvalue weighted by Gasteiger charge is 2.31. The normalized spacial score (nSPS) is 18.8. The maximum atomic E-state index is 12.9. The van der Waals surface area contributed by atoms with E-state index in [1.54, 1.807) is 13.1 Å². The number of nitrogens with one attached hydrogen (secondary N) is 2. The van der Waals surface area contributed by atoms with Gasteiger partial charge in [0.2, 0.25) is 0 Å². The first-order valence-corrected chi connectivity index (χ1v) is 10.5. The molecule has 0 spiro atoms. The van der Waals surface area contributed by atoms with Crippen LogP contribution in [0.2, 0.25) is 0 Å². The molecule has 1 aromatic carbocycles. The van der Waals surface area contributed by atoms with Gasteiger partial charge < -0.3 is 15.5 Å². The summed E-state index contributed by atoms with van der Waals surface area (Å²) in [5.41, 5.74) is 0.0836. The number of guanidine groups is 1. The Hall–Kier alpha value is -1.96. The summed E-state index contributed by atoms with van der Waals surface area (Å²) >= 11 is 0. The fourth-order valence-electron chi connectivity index (χ4n) is 3.56. The first-order chi connectivity index (χ1) is 14.0. The highest BCUT2D eigenvalue weighted by atomic mass is 19.4. The first-order valence-electron chi connectivity index (χ1n) is 10.5. The topological polar surface area (TPSA) is 42.9 Å². The molecule has 0 atom stereocenters. The zero-order valence-electron chi connectivity index (χ0n) is 17.1. The van der Waals surface area contributed by atoms with Crippen LogP contribution in [0, 0.1) is 5.92 Å². The van der Waals surface area contributed by atoms with Gasteiger partial charge >= 0.3 is 6.18 Å². The lowest BCUT2D eigenvalue weighted by Gasteiger charge is -2.36. The van der Waals surface area contributed by atoms with Crippen molar-refractivity contribution in [1.82, 2.24) is 15.5 Å². The number of rotatable bonds is 8. The van der Waals surface area contributed by atoms with Gasteiger partial charge in [-0.2, -0.15) is 13.2 Å². The Balaban J connectivity index is 1.31. The molecule has 0 amide bonds. The van der Waals surface area contributed by atoms with Crippen molar-refractivity contribution in [3.05, 3.63) is 29.8 Å². The Kier molecular flexibility index (Phi) is 7.64. The quantitative estimate of drug-likeness (QED) is 0.392. The Morgan fingerprint density at radius 2 is 1.86 bits per heavy atom.